The molecule has 0 aromatic carbocycles. The van der Waals surface area contributed by atoms with Gasteiger partial charge in [0.05, 0.1) is 18.8 Å². The number of aliphatic imine (C=N–C) groups is 1. The van der Waals surface area contributed by atoms with E-state index in [2.05, 4.69) is 22.1 Å². The highest BCUT2D eigenvalue weighted by Gasteiger charge is 2.16. The van der Waals surface area contributed by atoms with Crippen molar-refractivity contribution in [3.63, 3.8) is 0 Å². The van der Waals surface area contributed by atoms with Gasteiger partial charge in [-0.15, -0.1) is 24.0 Å². The fourth-order valence-electron chi connectivity index (χ4n) is 2.35. The third kappa shape index (κ3) is 9.86. The van der Waals surface area contributed by atoms with E-state index in [9.17, 15) is 0 Å². The average Bonchev–Trinajstić information content (AvgIpc) is 3.00. The largest absolute Gasteiger partial charge is 0.468 e. The Hall–Kier alpha value is -0.760. The van der Waals surface area contributed by atoms with Crippen LogP contribution in [0.1, 0.15) is 57.3 Å². The van der Waals surface area contributed by atoms with Gasteiger partial charge in [-0.1, -0.05) is 39.0 Å². The third-order valence-corrected chi connectivity index (χ3v) is 3.77. The van der Waals surface area contributed by atoms with Gasteiger partial charge in [0, 0.05) is 6.54 Å². The molecule has 5 nitrogen and oxygen atoms in total. The minimum atomic E-state index is 0. The zero-order valence-corrected chi connectivity index (χ0v) is 17.1. The number of likely N-dealkylation sites (N-methyl/N-ethyl adjacent to an activating group) is 1. The standard InChI is InChI=1S/C17H32N4O.HI/c1-4-5-6-7-8-9-12-19-17(18)20-14-15(21(2)3)16-11-10-13-22-16;/h10-11,13,15H,4-9,12,14H2,1-3H3,(H3,18,19,20);1H. The first kappa shape index (κ1) is 22.2. The normalized spacial score (nSPS) is 13.0. The van der Waals surface area contributed by atoms with Crippen molar-refractivity contribution in [1.82, 2.24) is 10.2 Å². The lowest BCUT2D eigenvalue weighted by Crippen LogP contribution is -2.33. The first-order valence-electron chi connectivity index (χ1n) is 8.38. The fourth-order valence-corrected chi connectivity index (χ4v) is 2.35. The van der Waals surface area contributed by atoms with Crippen LogP contribution in [-0.4, -0.2) is 38.0 Å². The van der Waals surface area contributed by atoms with Crippen LogP contribution in [0.15, 0.2) is 27.8 Å². The van der Waals surface area contributed by atoms with E-state index in [1.54, 1.807) is 6.26 Å². The van der Waals surface area contributed by atoms with Crippen molar-refractivity contribution in [2.45, 2.75) is 51.5 Å². The van der Waals surface area contributed by atoms with Crippen molar-refractivity contribution in [2.24, 2.45) is 10.7 Å². The van der Waals surface area contributed by atoms with Crippen LogP contribution >= 0.6 is 24.0 Å². The molecule has 3 N–H and O–H groups in total. The first-order valence-corrected chi connectivity index (χ1v) is 8.38. The van der Waals surface area contributed by atoms with E-state index in [1.807, 2.05) is 26.2 Å². The summed E-state index contributed by atoms with van der Waals surface area (Å²) in [5, 5.41) is 3.19. The summed E-state index contributed by atoms with van der Waals surface area (Å²) in [4.78, 5) is 6.52. The van der Waals surface area contributed by atoms with Crippen molar-refractivity contribution < 1.29 is 4.42 Å². The van der Waals surface area contributed by atoms with Gasteiger partial charge in [0.25, 0.3) is 0 Å². The molecule has 1 aromatic heterocycles. The Labute approximate surface area is 158 Å². The Bertz CT molecular complexity index is 407. The fraction of sp³-hybridized carbons (Fsp3) is 0.706. The molecule has 0 fully saturated rings. The molecular weight excluding hydrogens is 403 g/mol. The van der Waals surface area contributed by atoms with Gasteiger partial charge in [-0.05, 0) is 32.6 Å². The molecule has 0 aliphatic rings. The summed E-state index contributed by atoms with van der Waals surface area (Å²) in [6.07, 6.45) is 9.38. The molecule has 0 aliphatic carbocycles. The highest BCUT2D eigenvalue weighted by Crippen LogP contribution is 2.18. The lowest BCUT2D eigenvalue weighted by Gasteiger charge is -2.20. The second-order valence-corrected chi connectivity index (χ2v) is 5.92. The number of unbranched alkanes of at least 4 members (excludes halogenated alkanes) is 5. The van der Waals surface area contributed by atoms with Crippen LogP contribution in [0.3, 0.4) is 0 Å². The summed E-state index contributed by atoms with van der Waals surface area (Å²) in [6.45, 7) is 3.73. The zero-order chi connectivity index (χ0) is 16.2. The van der Waals surface area contributed by atoms with Gasteiger partial charge >= 0.3 is 0 Å². The third-order valence-electron chi connectivity index (χ3n) is 3.77. The van der Waals surface area contributed by atoms with Gasteiger partial charge < -0.3 is 15.5 Å². The minimum Gasteiger partial charge on any atom is -0.468 e. The molecule has 23 heavy (non-hydrogen) atoms. The van der Waals surface area contributed by atoms with Gasteiger partial charge in [-0.2, -0.15) is 0 Å². The van der Waals surface area contributed by atoms with Crippen LogP contribution in [0.2, 0.25) is 0 Å². The van der Waals surface area contributed by atoms with Crippen molar-refractivity contribution in [2.75, 3.05) is 27.2 Å². The summed E-state index contributed by atoms with van der Waals surface area (Å²) in [7, 11) is 4.03. The van der Waals surface area contributed by atoms with E-state index < -0.39 is 0 Å². The molecule has 1 rings (SSSR count). The molecule has 1 aromatic rings. The Morgan fingerprint density at radius 3 is 2.57 bits per heavy atom. The smallest absolute Gasteiger partial charge is 0.188 e. The number of halogens is 1. The van der Waals surface area contributed by atoms with Crippen LogP contribution in [-0.2, 0) is 0 Å². The number of hydrogen-bond donors (Lipinski definition) is 2. The van der Waals surface area contributed by atoms with Crippen molar-refractivity contribution in [3.05, 3.63) is 24.2 Å². The highest BCUT2D eigenvalue weighted by molar-refractivity contribution is 14.0. The van der Waals surface area contributed by atoms with E-state index in [4.69, 9.17) is 10.2 Å². The average molecular weight is 436 g/mol. The Morgan fingerprint density at radius 1 is 1.26 bits per heavy atom. The summed E-state index contributed by atoms with van der Waals surface area (Å²) in [5.74, 6) is 1.43. The Kier molecular flexibility index (Phi) is 13.2. The number of hydrogen-bond acceptors (Lipinski definition) is 3. The molecule has 1 unspecified atom stereocenters. The lowest BCUT2D eigenvalue weighted by atomic mass is 10.1. The molecule has 0 spiro atoms. The van der Waals surface area contributed by atoms with Crippen LogP contribution < -0.4 is 11.1 Å². The molecule has 1 heterocycles. The number of rotatable bonds is 11. The Morgan fingerprint density at radius 2 is 1.96 bits per heavy atom. The molecule has 0 aliphatic heterocycles. The molecule has 134 valence electrons. The second-order valence-electron chi connectivity index (χ2n) is 5.92. The summed E-state index contributed by atoms with van der Waals surface area (Å²) in [5.41, 5.74) is 5.93. The van der Waals surface area contributed by atoms with E-state index in [0.29, 0.717) is 12.5 Å². The van der Waals surface area contributed by atoms with Crippen LogP contribution in [0.4, 0.5) is 0 Å². The van der Waals surface area contributed by atoms with Crippen molar-refractivity contribution in [3.8, 4) is 0 Å². The summed E-state index contributed by atoms with van der Waals surface area (Å²) < 4.78 is 5.46. The molecule has 0 radical (unpaired) electrons. The first-order chi connectivity index (χ1) is 10.6. The number of nitrogens with one attached hydrogen (secondary N) is 1. The molecule has 0 saturated heterocycles. The molecule has 1 atom stereocenters. The van der Waals surface area contributed by atoms with Crippen molar-refractivity contribution in [1.29, 1.82) is 0 Å². The molecule has 0 saturated carbocycles. The maximum absolute atomic E-state index is 5.93. The Balaban J connectivity index is 0.00000484. The predicted molar refractivity (Wildman–Crippen MR) is 108 cm³/mol. The topological polar surface area (TPSA) is 66.8 Å². The summed E-state index contributed by atoms with van der Waals surface area (Å²) in [6, 6.07) is 3.99. The maximum Gasteiger partial charge on any atom is 0.188 e. The van der Waals surface area contributed by atoms with Gasteiger partial charge in [0.1, 0.15) is 5.76 Å². The number of nitrogens with zero attached hydrogens (tertiary/aromatic N) is 2. The number of guanidine groups is 1. The minimum absolute atomic E-state index is 0. The predicted octanol–water partition coefficient (Wildman–Crippen LogP) is 3.77. The van der Waals surface area contributed by atoms with Crippen LogP contribution in [0.5, 0.6) is 0 Å². The van der Waals surface area contributed by atoms with Gasteiger partial charge in [0.2, 0.25) is 0 Å². The zero-order valence-electron chi connectivity index (χ0n) is 14.8. The maximum atomic E-state index is 5.93. The molecule has 6 heteroatoms. The number of furan rings is 1. The van der Waals surface area contributed by atoms with Gasteiger partial charge in [-0.3, -0.25) is 9.89 Å². The van der Waals surface area contributed by atoms with Crippen molar-refractivity contribution >= 4 is 29.9 Å². The SMILES string of the molecule is CCCCCCCCNC(N)=NCC(c1ccco1)N(C)C.I. The summed E-state index contributed by atoms with van der Waals surface area (Å²) >= 11 is 0. The van der Waals surface area contributed by atoms with Gasteiger partial charge in [0.15, 0.2) is 5.96 Å². The highest BCUT2D eigenvalue weighted by atomic mass is 127. The van der Waals surface area contributed by atoms with Crippen LogP contribution in [0.25, 0.3) is 0 Å². The monoisotopic (exact) mass is 436 g/mol. The lowest BCUT2D eigenvalue weighted by molar-refractivity contribution is 0.265. The quantitative estimate of drug-likeness (QED) is 0.240. The molecular formula is C17H33IN4O. The van der Waals surface area contributed by atoms with E-state index >= 15 is 0 Å². The second kappa shape index (κ2) is 13.7. The molecule has 0 bridgehead atoms. The van der Waals surface area contributed by atoms with E-state index in [0.717, 1.165) is 18.7 Å². The van der Waals surface area contributed by atoms with E-state index in [-0.39, 0.29) is 30.0 Å². The van der Waals surface area contributed by atoms with Crippen LogP contribution in [0, 0.1) is 0 Å². The molecule has 0 amide bonds. The van der Waals surface area contributed by atoms with Gasteiger partial charge in [-0.25, -0.2) is 0 Å². The van der Waals surface area contributed by atoms with E-state index in [1.165, 1.54) is 32.1 Å². The number of nitrogens with two attached hydrogens (primary N) is 1.